The van der Waals surface area contributed by atoms with Gasteiger partial charge in [0.1, 0.15) is 6.04 Å². The first kappa shape index (κ1) is 16.9. The molecule has 1 heterocycles. The molecule has 0 N–H and O–H groups in total. The summed E-state index contributed by atoms with van der Waals surface area (Å²) in [7, 11) is 0. The Balaban J connectivity index is 1.40. The fraction of sp³-hybridized carbons (Fsp3) is 0.500. The highest BCUT2D eigenvalue weighted by molar-refractivity contribution is 6.08. The molecule has 0 spiro atoms. The Morgan fingerprint density at radius 2 is 1.65 bits per heavy atom. The van der Waals surface area contributed by atoms with Crippen molar-refractivity contribution in [3.05, 3.63) is 35.9 Å². The van der Waals surface area contributed by atoms with E-state index in [9.17, 15) is 19.2 Å². The van der Waals surface area contributed by atoms with Crippen LogP contribution >= 0.6 is 0 Å². The van der Waals surface area contributed by atoms with Crippen LogP contribution in [0, 0.1) is 23.7 Å². The third-order valence-electron chi connectivity index (χ3n) is 6.13. The lowest BCUT2D eigenvalue weighted by Gasteiger charge is -2.22. The molecule has 0 radical (unpaired) electrons. The predicted molar refractivity (Wildman–Crippen MR) is 90.9 cm³/mol. The molecule has 2 saturated carbocycles. The van der Waals surface area contributed by atoms with Crippen LogP contribution in [0.4, 0.5) is 0 Å². The number of rotatable bonds is 5. The number of hydrogen-bond acceptors (Lipinski definition) is 5. The largest absolute Gasteiger partial charge is 0.456 e. The zero-order valence-electron chi connectivity index (χ0n) is 14.6. The maximum Gasteiger partial charge on any atom is 0.329 e. The zero-order chi connectivity index (χ0) is 18.4. The number of hydrogen-bond donors (Lipinski definition) is 0. The average Bonchev–Trinajstić information content (AvgIpc) is 3.33. The van der Waals surface area contributed by atoms with E-state index in [-0.39, 0.29) is 41.3 Å². The van der Waals surface area contributed by atoms with Crippen LogP contribution in [0.5, 0.6) is 0 Å². The number of esters is 1. The molecule has 2 bridgehead atoms. The molecule has 0 aromatic heterocycles. The summed E-state index contributed by atoms with van der Waals surface area (Å²) in [5.74, 6) is -1.51. The van der Waals surface area contributed by atoms with Crippen LogP contribution in [-0.2, 0) is 19.1 Å². The van der Waals surface area contributed by atoms with Crippen LogP contribution in [-0.4, -0.2) is 41.1 Å². The van der Waals surface area contributed by atoms with Crippen molar-refractivity contribution in [2.24, 2.45) is 23.7 Å². The summed E-state index contributed by atoms with van der Waals surface area (Å²) >= 11 is 0. The summed E-state index contributed by atoms with van der Waals surface area (Å²) in [5, 5.41) is 0. The van der Waals surface area contributed by atoms with Gasteiger partial charge in [-0.25, -0.2) is 4.79 Å². The van der Waals surface area contributed by atoms with E-state index >= 15 is 0 Å². The number of fused-ring (bicyclic) bond motifs is 5. The molecule has 6 heteroatoms. The van der Waals surface area contributed by atoms with Gasteiger partial charge in [0, 0.05) is 5.56 Å². The molecule has 2 amide bonds. The standard InChI is InChI=1S/C20H21NO5/c1-11(20(25)26-10-15(22)12-5-3-2-4-6-12)21-18(23)16-13-7-8-14(9-13)17(16)19(21)24/h2-6,11,13-14,16-17H,7-10H2,1H3. The molecule has 1 aromatic rings. The van der Waals surface area contributed by atoms with Gasteiger partial charge in [0.15, 0.2) is 12.4 Å². The Labute approximate surface area is 151 Å². The third kappa shape index (κ3) is 2.55. The molecule has 6 nitrogen and oxygen atoms in total. The van der Waals surface area contributed by atoms with E-state index in [4.69, 9.17) is 4.74 Å². The van der Waals surface area contributed by atoms with Gasteiger partial charge in [-0.3, -0.25) is 19.3 Å². The number of imide groups is 1. The van der Waals surface area contributed by atoms with Crippen LogP contribution < -0.4 is 0 Å². The minimum atomic E-state index is -0.997. The van der Waals surface area contributed by atoms with Crippen molar-refractivity contribution in [3.63, 3.8) is 0 Å². The molecule has 5 atom stereocenters. The Bertz CT molecular complexity index is 746. The Morgan fingerprint density at radius 1 is 1.08 bits per heavy atom. The second-order valence-corrected chi connectivity index (χ2v) is 7.50. The number of nitrogens with zero attached hydrogens (tertiary/aromatic N) is 1. The number of carbonyl (C=O) groups is 4. The minimum absolute atomic E-state index is 0.244. The van der Waals surface area contributed by atoms with Gasteiger partial charge in [-0.05, 0) is 38.0 Å². The summed E-state index contributed by atoms with van der Waals surface area (Å²) in [6.07, 6.45) is 2.93. The number of amides is 2. The van der Waals surface area contributed by atoms with E-state index in [0.717, 1.165) is 24.2 Å². The molecule has 3 aliphatic rings. The number of ketones is 1. The molecular formula is C20H21NO5. The monoisotopic (exact) mass is 355 g/mol. The highest BCUT2D eigenvalue weighted by Crippen LogP contribution is 2.56. The van der Waals surface area contributed by atoms with Crippen LogP contribution in [0.3, 0.4) is 0 Å². The normalized spacial score (nSPS) is 30.4. The summed E-state index contributed by atoms with van der Waals surface area (Å²) < 4.78 is 5.09. The van der Waals surface area contributed by atoms with Crippen molar-refractivity contribution in [1.29, 1.82) is 0 Å². The highest BCUT2D eigenvalue weighted by atomic mass is 16.5. The molecule has 26 heavy (non-hydrogen) atoms. The summed E-state index contributed by atoms with van der Waals surface area (Å²) in [6, 6.07) is 7.54. The van der Waals surface area contributed by atoms with Gasteiger partial charge in [-0.2, -0.15) is 0 Å². The van der Waals surface area contributed by atoms with E-state index < -0.39 is 18.6 Å². The van der Waals surface area contributed by atoms with E-state index in [0.29, 0.717) is 5.56 Å². The Kier molecular flexibility index (Phi) is 4.13. The lowest BCUT2D eigenvalue weighted by atomic mass is 9.81. The van der Waals surface area contributed by atoms with Crippen molar-refractivity contribution in [3.8, 4) is 0 Å². The van der Waals surface area contributed by atoms with Gasteiger partial charge in [0.05, 0.1) is 11.8 Å². The SMILES string of the molecule is CC(C(=O)OCC(=O)c1ccccc1)N1C(=O)C2C3CCC(C3)C2C1=O. The summed E-state index contributed by atoms with van der Waals surface area (Å²) in [5.41, 5.74) is 0.451. The average molecular weight is 355 g/mol. The van der Waals surface area contributed by atoms with Crippen molar-refractivity contribution in [1.82, 2.24) is 4.90 Å². The Hall–Kier alpha value is -2.50. The lowest BCUT2D eigenvalue weighted by Crippen LogP contribution is -2.45. The fourth-order valence-electron chi connectivity index (χ4n) is 4.88. The van der Waals surface area contributed by atoms with Crippen molar-refractivity contribution >= 4 is 23.6 Å². The van der Waals surface area contributed by atoms with Gasteiger partial charge < -0.3 is 4.74 Å². The van der Waals surface area contributed by atoms with Crippen molar-refractivity contribution in [2.75, 3.05) is 6.61 Å². The second-order valence-electron chi connectivity index (χ2n) is 7.50. The molecule has 136 valence electrons. The maximum atomic E-state index is 12.7. The number of ether oxygens (including phenoxy) is 1. The van der Waals surface area contributed by atoms with E-state index in [1.165, 1.54) is 6.92 Å². The van der Waals surface area contributed by atoms with Gasteiger partial charge in [-0.1, -0.05) is 30.3 Å². The molecule has 2 aliphatic carbocycles. The van der Waals surface area contributed by atoms with Gasteiger partial charge in [0.2, 0.25) is 11.8 Å². The molecule has 4 rings (SSSR count). The smallest absolute Gasteiger partial charge is 0.329 e. The molecule has 1 saturated heterocycles. The van der Waals surface area contributed by atoms with Crippen LogP contribution in [0.25, 0.3) is 0 Å². The van der Waals surface area contributed by atoms with Crippen molar-refractivity contribution < 1.29 is 23.9 Å². The van der Waals surface area contributed by atoms with Crippen LogP contribution in [0.15, 0.2) is 30.3 Å². The van der Waals surface area contributed by atoms with E-state index in [2.05, 4.69) is 0 Å². The van der Waals surface area contributed by atoms with E-state index in [1.54, 1.807) is 30.3 Å². The summed E-state index contributed by atoms with van der Waals surface area (Å²) in [4.78, 5) is 50.9. The van der Waals surface area contributed by atoms with Gasteiger partial charge in [0.25, 0.3) is 0 Å². The number of carbonyl (C=O) groups excluding carboxylic acids is 4. The Morgan fingerprint density at radius 3 is 2.23 bits per heavy atom. The maximum absolute atomic E-state index is 12.7. The topological polar surface area (TPSA) is 80.8 Å². The van der Waals surface area contributed by atoms with Crippen LogP contribution in [0.1, 0.15) is 36.5 Å². The fourth-order valence-corrected chi connectivity index (χ4v) is 4.88. The molecule has 5 unspecified atom stereocenters. The quantitative estimate of drug-likeness (QED) is 0.457. The first-order valence-electron chi connectivity index (χ1n) is 9.11. The summed E-state index contributed by atoms with van der Waals surface area (Å²) in [6.45, 7) is 1.09. The minimum Gasteiger partial charge on any atom is -0.456 e. The second kappa shape index (κ2) is 6.34. The number of likely N-dealkylation sites (tertiary alicyclic amines) is 1. The predicted octanol–water partition coefficient (Wildman–Crippen LogP) is 1.83. The lowest BCUT2D eigenvalue weighted by molar-refractivity contribution is -0.157. The number of benzene rings is 1. The van der Waals surface area contributed by atoms with E-state index in [1.807, 2.05) is 0 Å². The third-order valence-corrected chi connectivity index (χ3v) is 6.13. The van der Waals surface area contributed by atoms with Crippen molar-refractivity contribution in [2.45, 2.75) is 32.2 Å². The zero-order valence-corrected chi connectivity index (χ0v) is 14.6. The first-order valence-corrected chi connectivity index (χ1v) is 9.11. The first-order chi connectivity index (χ1) is 12.5. The van der Waals surface area contributed by atoms with Gasteiger partial charge in [-0.15, -0.1) is 0 Å². The molecular weight excluding hydrogens is 334 g/mol. The van der Waals surface area contributed by atoms with Gasteiger partial charge >= 0.3 is 5.97 Å². The molecule has 3 fully saturated rings. The molecule has 1 aliphatic heterocycles. The molecule has 1 aromatic carbocycles. The van der Waals surface area contributed by atoms with Crippen LogP contribution in [0.2, 0.25) is 0 Å². The number of Topliss-reactive ketones (excluding diaryl/α,β-unsaturated/α-hetero) is 1. The highest BCUT2D eigenvalue weighted by Gasteiger charge is 2.62.